The molecule has 0 aromatic rings. The molecule has 0 N–H and O–H groups in total. The number of hydrogen-bond acceptors (Lipinski definition) is 0. The van der Waals surface area contributed by atoms with E-state index in [0.29, 0.717) is 4.75 Å². The van der Waals surface area contributed by atoms with E-state index in [1.807, 2.05) is 0 Å². The summed E-state index contributed by atoms with van der Waals surface area (Å²) in [6, 6.07) is 0. The van der Waals surface area contributed by atoms with Gasteiger partial charge in [-0.3, -0.25) is 0 Å². The molecule has 0 unspecified atom stereocenters. The lowest BCUT2D eigenvalue weighted by molar-refractivity contribution is 0.787. The molecule has 0 aromatic carbocycles. The summed E-state index contributed by atoms with van der Waals surface area (Å²) in [5.41, 5.74) is 0. The first-order chi connectivity index (χ1) is 3.81. The van der Waals surface area contributed by atoms with Crippen molar-refractivity contribution in [1.82, 2.24) is 0 Å². The zero-order chi connectivity index (χ0) is 7.71. The van der Waals surface area contributed by atoms with Gasteiger partial charge in [0.15, 0.2) is 0 Å². The molecule has 0 nitrogen and oxygen atoms in total. The summed E-state index contributed by atoms with van der Waals surface area (Å²) < 4.78 is 0.530. The van der Waals surface area contributed by atoms with E-state index in [4.69, 9.17) is 0 Å². The fourth-order valence-corrected chi connectivity index (χ4v) is 1.30. The van der Waals surface area contributed by atoms with Gasteiger partial charge in [-0.25, -0.2) is 10.0 Å². The van der Waals surface area contributed by atoms with Crippen LogP contribution < -0.4 is 0 Å². The van der Waals surface area contributed by atoms with Gasteiger partial charge in [-0.15, -0.1) is 0 Å². The van der Waals surface area contributed by atoms with Crippen LogP contribution in [0.2, 0.25) is 0 Å². The fourth-order valence-electron chi connectivity index (χ4n) is 0.433. The Balaban J connectivity index is 4.14. The van der Waals surface area contributed by atoms with Crippen molar-refractivity contribution in [2.24, 2.45) is 0 Å². The van der Waals surface area contributed by atoms with Gasteiger partial charge in [0, 0.05) is 0 Å². The Morgan fingerprint density at radius 3 is 1.44 bits per heavy atom. The van der Waals surface area contributed by atoms with Crippen LogP contribution in [0.4, 0.5) is 0 Å². The molecule has 0 saturated carbocycles. The summed E-state index contributed by atoms with van der Waals surface area (Å²) in [6.07, 6.45) is 4.82. The van der Waals surface area contributed by atoms with Crippen LogP contribution in [0.5, 0.6) is 0 Å². The molecule has 0 bridgehead atoms. The fraction of sp³-hybridized carbons (Fsp3) is 1.00. The second-order valence-corrected chi connectivity index (χ2v) is 8.82. The van der Waals surface area contributed by atoms with Gasteiger partial charge in [-0.05, 0) is 23.0 Å². The third-order valence-corrected chi connectivity index (χ3v) is 7.14. The molecule has 0 amide bonds. The summed E-state index contributed by atoms with van der Waals surface area (Å²) in [4.78, 5) is 0. The highest BCUT2D eigenvalue weighted by atomic mass is 32.3. The number of hydrogen-bond donors (Lipinski definition) is 0. The molecule has 0 aliphatic heterocycles. The minimum Gasteiger partial charge on any atom is -0.242 e. The van der Waals surface area contributed by atoms with E-state index in [1.54, 1.807) is 0 Å². The third kappa shape index (κ3) is 2.21. The smallest absolute Gasteiger partial charge is 0.00873 e. The normalized spacial score (nSPS) is 15.8. The molecule has 0 heterocycles. The van der Waals surface area contributed by atoms with E-state index in [9.17, 15) is 0 Å². The summed E-state index contributed by atoms with van der Waals surface area (Å²) in [5, 5.41) is 0. The largest absolute Gasteiger partial charge is 0.242 e. The van der Waals surface area contributed by atoms with E-state index < -0.39 is 0 Å². The van der Waals surface area contributed by atoms with E-state index in [1.165, 1.54) is 5.75 Å². The minimum atomic E-state index is -0.336. The van der Waals surface area contributed by atoms with Crippen LogP contribution >= 0.6 is 10.0 Å². The van der Waals surface area contributed by atoms with Gasteiger partial charge in [0.1, 0.15) is 0 Å². The van der Waals surface area contributed by atoms with Gasteiger partial charge >= 0.3 is 0 Å². The number of rotatable bonds is 1. The van der Waals surface area contributed by atoms with Gasteiger partial charge in [-0.2, -0.15) is 0 Å². The van der Waals surface area contributed by atoms with Crippen LogP contribution in [0.25, 0.3) is 0 Å². The van der Waals surface area contributed by atoms with Gasteiger partial charge < -0.3 is 0 Å². The van der Waals surface area contributed by atoms with Gasteiger partial charge in [0.2, 0.25) is 0 Å². The molecule has 0 saturated heterocycles. The molecule has 0 radical (unpaired) electrons. The van der Waals surface area contributed by atoms with Crippen molar-refractivity contribution in [2.75, 3.05) is 18.3 Å². The van der Waals surface area contributed by atoms with Crippen molar-refractivity contribution in [1.29, 1.82) is 0 Å². The minimum absolute atomic E-state index is 0.336. The Labute approximate surface area is 61.4 Å². The van der Waals surface area contributed by atoms with Crippen LogP contribution in [0.1, 0.15) is 27.7 Å². The highest BCUT2D eigenvalue weighted by Crippen LogP contribution is 2.51. The summed E-state index contributed by atoms with van der Waals surface area (Å²) in [5.74, 6) is 1.34. The molecule has 0 aromatic heterocycles. The van der Waals surface area contributed by atoms with Gasteiger partial charge in [0.05, 0.1) is 0 Å². The highest BCUT2D eigenvalue weighted by molar-refractivity contribution is 8.33. The van der Waals surface area contributed by atoms with E-state index in [2.05, 4.69) is 40.2 Å². The van der Waals surface area contributed by atoms with Crippen molar-refractivity contribution in [3.8, 4) is 0 Å². The van der Waals surface area contributed by atoms with Crippen LogP contribution in [0.15, 0.2) is 0 Å². The molecule has 0 spiro atoms. The third-order valence-electron chi connectivity index (χ3n) is 2.38. The molecule has 58 valence electrons. The van der Waals surface area contributed by atoms with Crippen LogP contribution in [0, 0.1) is 0 Å². The van der Waals surface area contributed by atoms with Crippen LogP contribution in [0.3, 0.4) is 0 Å². The average molecular weight is 148 g/mol. The van der Waals surface area contributed by atoms with Crippen molar-refractivity contribution in [2.45, 2.75) is 32.4 Å². The van der Waals surface area contributed by atoms with Crippen molar-refractivity contribution in [3.63, 3.8) is 0 Å². The average Bonchev–Trinajstić information content (AvgIpc) is 1.64. The van der Waals surface area contributed by atoms with Crippen molar-refractivity contribution >= 4 is 10.0 Å². The maximum absolute atomic E-state index is 2.41. The maximum atomic E-state index is 2.41. The second-order valence-electron chi connectivity index (χ2n) is 3.94. The van der Waals surface area contributed by atoms with Crippen LogP contribution in [-0.4, -0.2) is 23.0 Å². The molecule has 9 heavy (non-hydrogen) atoms. The zero-order valence-electron chi connectivity index (χ0n) is 7.62. The topological polar surface area (TPSA) is 0 Å². The first-order valence-electron chi connectivity index (χ1n) is 3.52. The predicted molar refractivity (Wildman–Crippen MR) is 49.7 cm³/mol. The van der Waals surface area contributed by atoms with E-state index >= 15 is 0 Å². The van der Waals surface area contributed by atoms with E-state index in [0.717, 1.165) is 0 Å². The maximum Gasteiger partial charge on any atom is -0.00873 e. The van der Waals surface area contributed by atoms with E-state index in [-0.39, 0.29) is 10.0 Å². The summed E-state index contributed by atoms with van der Waals surface area (Å²) in [7, 11) is -0.336. The van der Waals surface area contributed by atoms with Crippen LogP contribution in [-0.2, 0) is 0 Å². The molecule has 0 rings (SSSR count). The standard InChI is InChI=1S/C8H20S/c1-7-9(5,6)8(2,3)4/h7H2,1-6H3. The molecule has 0 aliphatic rings. The van der Waals surface area contributed by atoms with Gasteiger partial charge in [-0.1, -0.05) is 27.7 Å². The lowest BCUT2D eigenvalue weighted by Crippen LogP contribution is -2.24. The zero-order valence-corrected chi connectivity index (χ0v) is 8.43. The molecule has 0 atom stereocenters. The lowest BCUT2D eigenvalue weighted by atomic mass is 10.3. The summed E-state index contributed by atoms with van der Waals surface area (Å²) in [6.45, 7) is 9.31. The second kappa shape index (κ2) is 2.53. The Bertz CT molecular complexity index is 87.2. The molecule has 1 heteroatoms. The monoisotopic (exact) mass is 148 g/mol. The SMILES string of the molecule is CCS(C)(C)C(C)(C)C. The quantitative estimate of drug-likeness (QED) is 0.536. The molecule has 0 fully saturated rings. The van der Waals surface area contributed by atoms with Crippen molar-refractivity contribution in [3.05, 3.63) is 0 Å². The van der Waals surface area contributed by atoms with Crippen molar-refractivity contribution < 1.29 is 0 Å². The first-order valence-corrected chi connectivity index (χ1v) is 6.13. The highest BCUT2D eigenvalue weighted by Gasteiger charge is 2.25. The predicted octanol–water partition coefficient (Wildman–Crippen LogP) is 2.87. The Hall–Kier alpha value is 0.350. The Kier molecular flexibility index (Phi) is 2.63. The molecule has 0 aliphatic carbocycles. The molecular weight excluding hydrogens is 128 g/mol. The first kappa shape index (κ1) is 9.35. The molecular formula is C8H20S. The Morgan fingerprint density at radius 1 is 1.11 bits per heavy atom. The lowest BCUT2D eigenvalue weighted by Gasteiger charge is -2.43. The Morgan fingerprint density at radius 2 is 1.44 bits per heavy atom. The van der Waals surface area contributed by atoms with Gasteiger partial charge in [0.25, 0.3) is 0 Å². The summed E-state index contributed by atoms with van der Waals surface area (Å²) >= 11 is 0.